The zero-order chi connectivity index (χ0) is 20.2. The van der Waals surface area contributed by atoms with E-state index in [1.807, 2.05) is 0 Å². The van der Waals surface area contributed by atoms with Gasteiger partial charge >= 0.3 is 6.18 Å². The predicted molar refractivity (Wildman–Crippen MR) is 91.8 cm³/mol. The highest BCUT2D eigenvalue weighted by Crippen LogP contribution is 2.29. The minimum atomic E-state index is -4.60. The SMILES string of the molecule is COc1ccc(OC)c([C@H](C)NC(=O)Cn2cc(C(F)(F)F)ccc2=O)c1. The molecule has 9 heteroatoms. The van der Waals surface area contributed by atoms with Gasteiger partial charge < -0.3 is 19.4 Å². The summed E-state index contributed by atoms with van der Waals surface area (Å²) in [4.78, 5) is 24.0. The van der Waals surface area contributed by atoms with Crippen molar-refractivity contribution in [2.45, 2.75) is 25.7 Å². The largest absolute Gasteiger partial charge is 0.497 e. The Bertz CT molecular complexity index is 878. The van der Waals surface area contributed by atoms with E-state index >= 15 is 0 Å². The maximum Gasteiger partial charge on any atom is 0.417 e. The van der Waals surface area contributed by atoms with Crippen LogP contribution in [0.5, 0.6) is 11.5 Å². The molecule has 27 heavy (non-hydrogen) atoms. The first-order valence-corrected chi connectivity index (χ1v) is 7.94. The van der Waals surface area contributed by atoms with Crippen molar-refractivity contribution < 1.29 is 27.4 Å². The number of amides is 1. The fraction of sp³-hybridized carbons (Fsp3) is 0.333. The molecule has 1 amide bonds. The summed E-state index contributed by atoms with van der Waals surface area (Å²) in [5.41, 5.74) is -1.08. The van der Waals surface area contributed by atoms with Crippen molar-refractivity contribution in [3.05, 3.63) is 58.0 Å². The molecule has 0 aliphatic rings. The van der Waals surface area contributed by atoms with Gasteiger partial charge in [-0.25, -0.2) is 0 Å². The van der Waals surface area contributed by atoms with E-state index in [2.05, 4.69) is 5.32 Å². The Morgan fingerprint density at radius 1 is 1.19 bits per heavy atom. The van der Waals surface area contributed by atoms with Gasteiger partial charge in [0.05, 0.1) is 25.8 Å². The average Bonchev–Trinajstić information content (AvgIpc) is 2.61. The molecule has 2 aromatic rings. The quantitative estimate of drug-likeness (QED) is 0.832. The van der Waals surface area contributed by atoms with Crippen LogP contribution in [0.25, 0.3) is 0 Å². The van der Waals surface area contributed by atoms with Crippen LogP contribution in [0.2, 0.25) is 0 Å². The molecule has 1 atom stereocenters. The second-order valence-electron chi connectivity index (χ2n) is 5.78. The van der Waals surface area contributed by atoms with E-state index in [4.69, 9.17) is 9.47 Å². The third kappa shape index (κ3) is 5.02. The molecule has 0 radical (unpaired) electrons. The number of carbonyl (C=O) groups excluding carboxylic acids is 1. The monoisotopic (exact) mass is 384 g/mol. The number of halogens is 3. The second kappa shape index (κ2) is 8.15. The van der Waals surface area contributed by atoms with Crippen LogP contribution >= 0.6 is 0 Å². The summed E-state index contributed by atoms with van der Waals surface area (Å²) in [6.45, 7) is 1.14. The van der Waals surface area contributed by atoms with Gasteiger partial charge in [0.25, 0.3) is 5.56 Å². The van der Waals surface area contributed by atoms with Crippen molar-refractivity contribution in [1.82, 2.24) is 9.88 Å². The highest BCUT2D eigenvalue weighted by Gasteiger charge is 2.31. The molecule has 0 spiro atoms. The van der Waals surface area contributed by atoms with Crippen molar-refractivity contribution in [2.75, 3.05) is 14.2 Å². The number of hydrogen-bond donors (Lipinski definition) is 1. The number of carbonyl (C=O) groups is 1. The molecule has 2 rings (SSSR count). The fourth-order valence-electron chi connectivity index (χ4n) is 2.52. The molecule has 0 saturated carbocycles. The van der Waals surface area contributed by atoms with Crippen molar-refractivity contribution in [3.8, 4) is 11.5 Å². The van der Waals surface area contributed by atoms with E-state index in [0.717, 1.165) is 6.07 Å². The van der Waals surface area contributed by atoms with E-state index in [1.165, 1.54) is 14.2 Å². The van der Waals surface area contributed by atoms with Crippen LogP contribution in [-0.4, -0.2) is 24.7 Å². The molecule has 0 fully saturated rings. The molecule has 1 heterocycles. The molecule has 146 valence electrons. The van der Waals surface area contributed by atoms with Gasteiger partial charge in [-0.2, -0.15) is 13.2 Å². The van der Waals surface area contributed by atoms with Gasteiger partial charge in [0, 0.05) is 17.8 Å². The normalized spacial score (nSPS) is 12.4. The highest BCUT2D eigenvalue weighted by atomic mass is 19.4. The molecule has 1 aromatic carbocycles. The lowest BCUT2D eigenvalue weighted by Crippen LogP contribution is -2.34. The first-order valence-electron chi connectivity index (χ1n) is 7.94. The lowest BCUT2D eigenvalue weighted by Gasteiger charge is -2.19. The third-order valence-corrected chi connectivity index (χ3v) is 3.91. The number of alkyl halides is 3. The number of hydrogen-bond acceptors (Lipinski definition) is 4. The summed E-state index contributed by atoms with van der Waals surface area (Å²) in [5, 5.41) is 2.64. The summed E-state index contributed by atoms with van der Waals surface area (Å²) in [7, 11) is 2.97. The van der Waals surface area contributed by atoms with E-state index in [9.17, 15) is 22.8 Å². The smallest absolute Gasteiger partial charge is 0.417 e. The Morgan fingerprint density at radius 2 is 1.89 bits per heavy atom. The van der Waals surface area contributed by atoms with Gasteiger partial charge in [0.15, 0.2) is 0 Å². The van der Waals surface area contributed by atoms with Crippen LogP contribution < -0.4 is 20.3 Å². The van der Waals surface area contributed by atoms with Crippen molar-refractivity contribution in [3.63, 3.8) is 0 Å². The Hall–Kier alpha value is -2.97. The summed E-state index contributed by atoms with van der Waals surface area (Å²) < 4.78 is 49.5. The summed E-state index contributed by atoms with van der Waals surface area (Å²) >= 11 is 0. The fourth-order valence-corrected chi connectivity index (χ4v) is 2.52. The number of ether oxygens (including phenoxy) is 2. The number of benzene rings is 1. The second-order valence-corrected chi connectivity index (χ2v) is 5.78. The average molecular weight is 384 g/mol. The van der Waals surface area contributed by atoms with Crippen LogP contribution in [0.4, 0.5) is 13.2 Å². The van der Waals surface area contributed by atoms with Crippen molar-refractivity contribution >= 4 is 5.91 Å². The van der Waals surface area contributed by atoms with E-state index < -0.39 is 35.8 Å². The number of nitrogens with zero attached hydrogens (tertiary/aromatic N) is 1. The standard InChI is InChI=1S/C18H19F3N2O4/c1-11(14-8-13(26-2)5-6-15(14)27-3)22-16(24)10-23-9-12(18(19,20)21)4-7-17(23)25/h4-9,11H,10H2,1-3H3,(H,22,24)/t11-/m0/s1. The van der Waals surface area contributed by atoms with Gasteiger partial charge in [0.1, 0.15) is 18.0 Å². The molecule has 0 unspecified atom stereocenters. The van der Waals surface area contributed by atoms with Crippen LogP contribution in [0.1, 0.15) is 24.1 Å². The number of aromatic nitrogens is 1. The minimum Gasteiger partial charge on any atom is -0.497 e. The number of methoxy groups -OCH3 is 2. The van der Waals surface area contributed by atoms with Crippen molar-refractivity contribution in [1.29, 1.82) is 0 Å². The van der Waals surface area contributed by atoms with E-state index in [-0.39, 0.29) is 0 Å². The Morgan fingerprint density at radius 3 is 2.48 bits per heavy atom. The molecule has 6 nitrogen and oxygen atoms in total. The zero-order valence-corrected chi connectivity index (χ0v) is 15.0. The van der Waals surface area contributed by atoms with Gasteiger partial charge in [-0.05, 0) is 31.2 Å². The lowest BCUT2D eigenvalue weighted by molar-refractivity contribution is -0.138. The molecule has 0 aliphatic carbocycles. The molecule has 0 bridgehead atoms. The van der Waals surface area contributed by atoms with Crippen LogP contribution in [0.3, 0.4) is 0 Å². The molecule has 1 N–H and O–H groups in total. The molecule has 0 aliphatic heterocycles. The van der Waals surface area contributed by atoms with Crippen molar-refractivity contribution in [2.24, 2.45) is 0 Å². The Kier molecular flexibility index (Phi) is 6.14. The Balaban J connectivity index is 2.18. The van der Waals surface area contributed by atoms with Gasteiger partial charge in [-0.1, -0.05) is 0 Å². The first kappa shape index (κ1) is 20.3. The zero-order valence-electron chi connectivity index (χ0n) is 15.0. The highest BCUT2D eigenvalue weighted by molar-refractivity contribution is 5.76. The van der Waals surface area contributed by atoms with Gasteiger partial charge in [-0.3, -0.25) is 9.59 Å². The third-order valence-electron chi connectivity index (χ3n) is 3.91. The first-order chi connectivity index (χ1) is 12.7. The molecule has 0 saturated heterocycles. The topological polar surface area (TPSA) is 69.6 Å². The maximum absolute atomic E-state index is 12.8. The summed E-state index contributed by atoms with van der Waals surface area (Å²) in [6.07, 6.45) is -3.98. The number of nitrogens with one attached hydrogen (secondary N) is 1. The molecule has 1 aromatic heterocycles. The minimum absolute atomic E-state index is 0.514. The van der Waals surface area contributed by atoms with E-state index in [1.54, 1.807) is 25.1 Å². The summed E-state index contributed by atoms with van der Waals surface area (Å²) in [6, 6.07) is 5.99. The molecular weight excluding hydrogens is 365 g/mol. The maximum atomic E-state index is 12.8. The van der Waals surface area contributed by atoms with Crippen LogP contribution in [0.15, 0.2) is 41.3 Å². The predicted octanol–water partition coefficient (Wildman–Crippen LogP) is 2.76. The number of pyridine rings is 1. The van der Waals surface area contributed by atoms with E-state index in [0.29, 0.717) is 33.9 Å². The van der Waals surface area contributed by atoms with Crippen LogP contribution in [0, 0.1) is 0 Å². The lowest BCUT2D eigenvalue weighted by atomic mass is 10.1. The van der Waals surface area contributed by atoms with Gasteiger partial charge in [0.2, 0.25) is 5.91 Å². The van der Waals surface area contributed by atoms with Crippen LogP contribution in [-0.2, 0) is 17.5 Å². The van der Waals surface area contributed by atoms with Gasteiger partial charge in [-0.15, -0.1) is 0 Å². The number of rotatable bonds is 6. The molecular formula is C18H19F3N2O4. The summed E-state index contributed by atoms with van der Waals surface area (Å²) in [5.74, 6) is 0.453. The Labute approximate surface area is 153 Å².